The summed E-state index contributed by atoms with van der Waals surface area (Å²) in [7, 11) is 5.61. The zero-order chi connectivity index (χ0) is 9.84. The van der Waals surface area contributed by atoms with E-state index in [9.17, 15) is 9.00 Å². The van der Waals surface area contributed by atoms with E-state index in [2.05, 4.69) is 4.74 Å². The third kappa shape index (κ3) is 2.95. The highest BCUT2D eigenvalue weighted by Crippen LogP contribution is 2.28. The standard InChI is InChI=1S/C8H13ClO3S/c1-12-8(10)6-2-4-7(5-3-6)13(9)11/h6-7H,2-5H2,1H3. The predicted octanol–water partition coefficient (Wildman–Crippen LogP) is 1.62. The van der Waals surface area contributed by atoms with Gasteiger partial charge in [0.2, 0.25) is 0 Å². The van der Waals surface area contributed by atoms with Gasteiger partial charge in [0.1, 0.15) is 10.0 Å². The summed E-state index contributed by atoms with van der Waals surface area (Å²) in [5, 5.41) is 0.0579. The van der Waals surface area contributed by atoms with Crippen LogP contribution in [0.5, 0.6) is 0 Å². The average Bonchev–Trinajstić information content (AvgIpc) is 2.17. The quantitative estimate of drug-likeness (QED) is 0.529. The van der Waals surface area contributed by atoms with Gasteiger partial charge in [0, 0.05) is 5.25 Å². The van der Waals surface area contributed by atoms with Crippen molar-refractivity contribution in [2.45, 2.75) is 30.9 Å². The van der Waals surface area contributed by atoms with Gasteiger partial charge < -0.3 is 4.74 Å². The van der Waals surface area contributed by atoms with E-state index < -0.39 is 10.0 Å². The van der Waals surface area contributed by atoms with Gasteiger partial charge in [0.15, 0.2) is 0 Å². The Morgan fingerprint density at radius 3 is 2.31 bits per heavy atom. The molecule has 5 heteroatoms. The Bertz CT molecular complexity index is 211. The lowest BCUT2D eigenvalue weighted by molar-refractivity contribution is -0.146. The van der Waals surface area contributed by atoms with E-state index in [1.54, 1.807) is 0 Å². The molecule has 0 saturated heterocycles. The smallest absolute Gasteiger partial charge is 0.308 e. The minimum atomic E-state index is -1.26. The largest absolute Gasteiger partial charge is 0.469 e. The SMILES string of the molecule is COC(=O)C1CCC(S(=O)Cl)CC1. The lowest BCUT2D eigenvalue weighted by atomic mass is 9.89. The molecule has 0 aromatic rings. The number of carbonyl (C=O) groups is 1. The maximum absolute atomic E-state index is 11.1. The summed E-state index contributed by atoms with van der Waals surface area (Å²) in [5.74, 6) is -0.166. The molecule has 0 aliphatic heterocycles. The normalized spacial score (nSPS) is 30.9. The monoisotopic (exact) mass is 224 g/mol. The Morgan fingerprint density at radius 2 is 1.92 bits per heavy atom. The Morgan fingerprint density at radius 1 is 1.38 bits per heavy atom. The first-order valence-corrected chi connectivity index (χ1v) is 6.33. The van der Waals surface area contributed by atoms with E-state index in [1.165, 1.54) is 7.11 Å². The van der Waals surface area contributed by atoms with Gasteiger partial charge in [-0.05, 0) is 36.4 Å². The van der Waals surface area contributed by atoms with Crippen LogP contribution in [0.3, 0.4) is 0 Å². The van der Waals surface area contributed by atoms with Crippen molar-refractivity contribution in [1.82, 2.24) is 0 Å². The van der Waals surface area contributed by atoms with Crippen LogP contribution in [0.1, 0.15) is 25.7 Å². The van der Waals surface area contributed by atoms with Crippen molar-refractivity contribution in [3.63, 3.8) is 0 Å². The molecule has 0 N–H and O–H groups in total. The van der Waals surface area contributed by atoms with Crippen LogP contribution in [-0.4, -0.2) is 22.5 Å². The molecule has 0 aromatic heterocycles. The van der Waals surface area contributed by atoms with Gasteiger partial charge in [-0.15, -0.1) is 0 Å². The topological polar surface area (TPSA) is 43.4 Å². The fourth-order valence-corrected chi connectivity index (χ4v) is 2.83. The van der Waals surface area contributed by atoms with Crippen molar-refractivity contribution < 1.29 is 13.7 Å². The van der Waals surface area contributed by atoms with Gasteiger partial charge in [-0.3, -0.25) is 4.79 Å². The zero-order valence-corrected chi connectivity index (χ0v) is 9.07. The molecule has 1 fully saturated rings. The minimum Gasteiger partial charge on any atom is -0.469 e. The summed E-state index contributed by atoms with van der Waals surface area (Å²) in [6.45, 7) is 0. The molecule has 1 rings (SSSR count). The maximum Gasteiger partial charge on any atom is 0.308 e. The van der Waals surface area contributed by atoms with E-state index in [1.807, 2.05) is 0 Å². The van der Waals surface area contributed by atoms with Gasteiger partial charge in [0.25, 0.3) is 0 Å². The Hall–Kier alpha value is -0.0900. The minimum absolute atomic E-state index is 0.0125. The first kappa shape index (κ1) is 11.0. The molecule has 13 heavy (non-hydrogen) atoms. The zero-order valence-electron chi connectivity index (χ0n) is 7.49. The van der Waals surface area contributed by atoms with Gasteiger partial charge in [-0.2, -0.15) is 0 Å². The van der Waals surface area contributed by atoms with E-state index in [0.29, 0.717) is 0 Å². The number of hydrogen-bond donors (Lipinski definition) is 0. The summed E-state index contributed by atoms with van der Waals surface area (Å²) < 4.78 is 15.5. The molecule has 0 amide bonds. The van der Waals surface area contributed by atoms with Crippen molar-refractivity contribution in [3.8, 4) is 0 Å². The molecule has 1 aliphatic rings. The Balaban J connectivity index is 2.39. The molecule has 0 bridgehead atoms. The van der Waals surface area contributed by atoms with Gasteiger partial charge in [-0.1, -0.05) is 0 Å². The van der Waals surface area contributed by atoms with Crippen molar-refractivity contribution >= 4 is 26.7 Å². The van der Waals surface area contributed by atoms with Crippen LogP contribution < -0.4 is 0 Å². The second-order valence-electron chi connectivity index (χ2n) is 3.25. The Labute approximate surface area is 84.7 Å². The number of methoxy groups -OCH3 is 1. The molecule has 76 valence electrons. The van der Waals surface area contributed by atoms with Crippen LogP contribution in [0.4, 0.5) is 0 Å². The highest BCUT2D eigenvalue weighted by Gasteiger charge is 2.29. The molecular formula is C8H13ClO3S. The van der Waals surface area contributed by atoms with Crippen LogP contribution in [0.25, 0.3) is 0 Å². The van der Waals surface area contributed by atoms with Crippen LogP contribution in [0.2, 0.25) is 0 Å². The van der Waals surface area contributed by atoms with Crippen LogP contribution in [0.15, 0.2) is 0 Å². The van der Waals surface area contributed by atoms with Gasteiger partial charge in [-0.25, -0.2) is 4.21 Å². The summed E-state index contributed by atoms with van der Waals surface area (Å²) in [4.78, 5) is 11.1. The van der Waals surface area contributed by atoms with Crippen LogP contribution >= 0.6 is 10.7 Å². The van der Waals surface area contributed by atoms with Crippen molar-refractivity contribution in [2.24, 2.45) is 5.92 Å². The highest BCUT2D eigenvalue weighted by molar-refractivity contribution is 8.08. The van der Waals surface area contributed by atoms with E-state index in [4.69, 9.17) is 10.7 Å². The van der Waals surface area contributed by atoms with Crippen LogP contribution in [0, 0.1) is 5.92 Å². The molecular weight excluding hydrogens is 212 g/mol. The van der Waals surface area contributed by atoms with E-state index in [0.717, 1.165) is 25.7 Å². The summed E-state index contributed by atoms with van der Waals surface area (Å²) >= 11 is 0. The van der Waals surface area contributed by atoms with Crippen molar-refractivity contribution in [1.29, 1.82) is 0 Å². The lowest BCUT2D eigenvalue weighted by Gasteiger charge is -2.24. The average molecular weight is 225 g/mol. The fourth-order valence-electron chi connectivity index (χ4n) is 1.65. The van der Waals surface area contributed by atoms with E-state index in [-0.39, 0.29) is 17.1 Å². The number of rotatable bonds is 2. The third-order valence-corrected chi connectivity index (χ3v) is 4.22. The molecule has 0 radical (unpaired) electrons. The maximum atomic E-state index is 11.1. The fraction of sp³-hybridized carbons (Fsp3) is 0.875. The molecule has 3 nitrogen and oxygen atoms in total. The van der Waals surface area contributed by atoms with E-state index >= 15 is 0 Å². The molecule has 1 saturated carbocycles. The number of hydrogen-bond acceptors (Lipinski definition) is 3. The number of ether oxygens (including phenoxy) is 1. The third-order valence-electron chi connectivity index (χ3n) is 2.47. The molecule has 1 aliphatic carbocycles. The Kier molecular flexibility index (Phi) is 4.19. The van der Waals surface area contributed by atoms with Crippen molar-refractivity contribution in [2.75, 3.05) is 7.11 Å². The molecule has 0 aromatic carbocycles. The van der Waals surface area contributed by atoms with Gasteiger partial charge in [0.05, 0.1) is 13.0 Å². The van der Waals surface area contributed by atoms with Crippen molar-refractivity contribution in [3.05, 3.63) is 0 Å². The summed E-state index contributed by atoms with van der Waals surface area (Å²) in [6, 6.07) is 0. The van der Waals surface area contributed by atoms with Crippen LogP contribution in [-0.2, 0) is 19.5 Å². The van der Waals surface area contributed by atoms with Gasteiger partial charge >= 0.3 is 5.97 Å². The predicted molar refractivity (Wildman–Crippen MR) is 51.8 cm³/mol. The molecule has 0 heterocycles. The second-order valence-corrected chi connectivity index (χ2v) is 5.32. The highest BCUT2D eigenvalue weighted by atomic mass is 35.7. The lowest BCUT2D eigenvalue weighted by Crippen LogP contribution is -2.26. The molecule has 1 unspecified atom stereocenters. The number of halogens is 1. The number of carbonyl (C=O) groups excluding carboxylic acids is 1. The first-order valence-electron chi connectivity index (χ1n) is 4.29. The summed E-state index contributed by atoms with van der Waals surface area (Å²) in [6.07, 6.45) is 3.01. The summed E-state index contributed by atoms with van der Waals surface area (Å²) in [5.41, 5.74) is 0. The second kappa shape index (κ2) is 4.96. The molecule has 0 spiro atoms. The number of esters is 1. The first-order chi connectivity index (χ1) is 6.15. The molecule has 1 atom stereocenters.